The van der Waals surface area contributed by atoms with E-state index in [2.05, 4.69) is 41.8 Å². The molecule has 3 rings (SSSR count). The zero-order chi connectivity index (χ0) is 22.9. The third-order valence-electron chi connectivity index (χ3n) is 5.73. The van der Waals surface area contributed by atoms with Crippen molar-refractivity contribution in [3.8, 4) is 17.2 Å². The summed E-state index contributed by atoms with van der Waals surface area (Å²) in [6.45, 7) is 9.72. The largest absolute Gasteiger partial charge is 0.366 e. The van der Waals surface area contributed by atoms with Gasteiger partial charge in [0.25, 0.3) is 0 Å². The standard InChI is InChI=1S/C25H27FN4O/c1-23(2,3)25(31-6,19-13-28-16-29-14-19)22-10-7-17(12-30-22)20-9-8-18(11-21(20)26)24(4,5)15-27/h7-14,16H,1-6H3. The van der Waals surface area contributed by atoms with Crippen LogP contribution in [0.5, 0.6) is 0 Å². The molecule has 2 aromatic heterocycles. The van der Waals surface area contributed by atoms with Gasteiger partial charge < -0.3 is 4.74 Å². The number of rotatable bonds is 5. The fraction of sp³-hybridized carbons (Fsp3) is 0.360. The summed E-state index contributed by atoms with van der Waals surface area (Å²) in [5.74, 6) is -0.388. The number of methoxy groups -OCH3 is 1. The first-order valence-corrected chi connectivity index (χ1v) is 10.1. The summed E-state index contributed by atoms with van der Waals surface area (Å²) in [6, 6.07) is 10.8. The first-order valence-electron chi connectivity index (χ1n) is 10.1. The number of halogens is 1. The van der Waals surface area contributed by atoms with Crippen molar-refractivity contribution < 1.29 is 9.13 Å². The molecule has 6 heteroatoms. The van der Waals surface area contributed by atoms with E-state index in [-0.39, 0.29) is 11.2 Å². The molecule has 2 heterocycles. The molecular formula is C25H27FN4O. The molecule has 1 aromatic carbocycles. The van der Waals surface area contributed by atoms with Crippen LogP contribution in [0.2, 0.25) is 0 Å². The maximum Gasteiger partial charge on any atom is 0.142 e. The van der Waals surface area contributed by atoms with Gasteiger partial charge in [0.2, 0.25) is 0 Å². The van der Waals surface area contributed by atoms with Crippen LogP contribution in [-0.2, 0) is 15.8 Å². The van der Waals surface area contributed by atoms with E-state index in [0.717, 1.165) is 5.56 Å². The topological polar surface area (TPSA) is 71.7 Å². The average molecular weight is 419 g/mol. The second-order valence-corrected chi connectivity index (χ2v) is 9.13. The molecule has 31 heavy (non-hydrogen) atoms. The highest BCUT2D eigenvalue weighted by Crippen LogP contribution is 2.46. The van der Waals surface area contributed by atoms with E-state index in [1.54, 1.807) is 51.7 Å². The van der Waals surface area contributed by atoms with Crippen LogP contribution in [-0.4, -0.2) is 22.1 Å². The molecule has 0 spiro atoms. The second-order valence-electron chi connectivity index (χ2n) is 9.13. The molecular weight excluding hydrogens is 391 g/mol. The smallest absolute Gasteiger partial charge is 0.142 e. The fourth-order valence-electron chi connectivity index (χ4n) is 3.94. The monoisotopic (exact) mass is 418 g/mol. The highest BCUT2D eigenvalue weighted by atomic mass is 19.1. The van der Waals surface area contributed by atoms with Gasteiger partial charge in [-0.1, -0.05) is 39.0 Å². The van der Waals surface area contributed by atoms with E-state index >= 15 is 0 Å². The van der Waals surface area contributed by atoms with Crippen LogP contribution in [0.4, 0.5) is 4.39 Å². The van der Waals surface area contributed by atoms with Gasteiger partial charge in [-0.25, -0.2) is 14.4 Å². The minimum atomic E-state index is -0.883. The summed E-state index contributed by atoms with van der Waals surface area (Å²) in [6.07, 6.45) is 6.58. The first kappa shape index (κ1) is 22.5. The van der Waals surface area contributed by atoms with Gasteiger partial charge in [-0.2, -0.15) is 5.26 Å². The maximum atomic E-state index is 14.9. The van der Waals surface area contributed by atoms with Gasteiger partial charge in [-0.3, -0.25) is 4.98 Å². The maximum absolute atomic E-state index is 14.9. The third-order valence-corrected chi connectivity index (χ3v) is 5.73. The lowest BCUT2D eigenvalue weighted by atomic mass is 9.70. The minimum Gasteiger partial charge on any atom is -0.366 e. The van der Waals surface area contributed by atoms with Crippen LogP contribution in [0, 0.1) is 22.6 Å². The Kier molecular flexibility index (Phi) is 5.93. The van der Waals surface area contributed by atoms with Crippen LogP contribution in [0.1, 0.15) is 51.4 Å². The highest BCUT2D eigenvalue weighted by Gasteiger charge is 2.47. The highest BCUT2D eigenvalue weighted by molar-refractivity contribution is 5.64. The van der Waals surface area contributed by atoms with E-state index in [1.165, 1.54) is 12.4 Å². The lowest BCUT2D eigenvalue weighted by Gasteiger charge is -2.43. The average Bonchev–Trinajstić information content (AvgIpc) is 2.75. The SMILES string of the molecule is COC(c1cncnc1)(c1ccc(-c2ccc(C(C)(C)C#N)cc2F)cn1)C(C)(C)C. The zero-order valence-electron chi connectivity index (χ0n) is 18.8. The Hall–Kier alpha value is -3.17. The quantitative estimate of drug-likeness (QED) is 0.554. The van der Waals surface area contributed by atoms with Crippen molar-refractivity contribution >= 4 is 0 Å². The van der Waals surface area contributed by atoms with Crippen molar-refractivity contribution in [3.63, 3.8) is 0 Å². The van der Waals surface area contributed by atoms with Crippen molar-refractivity contribution in [1.29, 1.82) is 5.26 Å². The molecule has 0 aliphatic heterocycles. The molecule has 0 amide bonds. The van der Waals surface area contributed by atoms with Gasteiger partial charge in [-0.15, -0.1) is 0 Å². The summed E-state index contributed by atoms with van der Waals surface area (Å²) in [7, 11) is 1.64. The van der Waals surface area contributed by atoms with Crippen LogP contribution < -0.4 is 0 Å². The van der Waals surface area contributed by atoms with Gasteiger partial charge in [0, 0.05) is 47.8 Å². The molecule has 5 nitrogen and oxygen atoms in total. The van der Waals surface area contributed by atoms with E-state index in [4.69, 9.17) is 4.74 Å². The fourth-order valence-corrected chi connectivity index (χ4v) is 3.94. The first-order chi connectivity index (χ1) is 14.6. The molecule has 0 saturated carbocycles. The molecule has 0 aliphatic rings. The van der Waals surface area contributed by atoms with Crippen molar-refractivity contribution in [3.05, 3.63) is 77.9 Å². The number of aromatic nitrogens is 3. The van der Waals surface area contributed by atoms with Crippen LogP contribution in [0.25, 0.3) is 11.1 Å². The minimum absolute atomic E-state index is 0.364. The predicted octanol–water partition coefficient (Wildman–Crippen LogP) is 5.41. The number of ether oxygens (including phenoxy) is 1. The Balaban J connectivity index is 2.07. The summed E-state index contributed by atoms with van der Waals surface area (Å²) in [4.78, 5) is 13.0. The molecule has 1 unspecified atom stereocenters. The van der Waals surface area contributed by atoms with Crippen molar-refractivity contribution in [2.45, 2.75) is 45.6 Å². The van der Waals surface area contributed by atoms with Gasteiger partial charge in [0.15, 0.2) is 0 Å². The molecule has 0 fully saturated rings. The molecule has 3 aromatic rings. The molecule has 1 atom stereocenters. The van der Waals surface area contributed by atoms with Crippen LogP contribution >= 0.6 is 0 Å². The normalized spacial score (nSPS) is 14.0. The van der Waals surface area contributed by atoms with Gasteiger partial charge in [-0.05, 0) is 31.5 Å². The van der Waals surface area contributed by atoms with E-state index in [1.807, 2.05) is 12.1 Å². The summed E-state index contributed by atoms with van der Waals surface area (Å²) in [5.41, 5.74) is 1.18. The van der Waals surface area contributed by atoms with Gasteiger partial charge in [0.1, 0.15) is 17.7 Å². The Morgan fingerprint density at radius 1 is 0.935 bits per heavy atom. The molecule has 0 bridgehead atoms. The number of nitrogens with zero attached hydrogens (tertiary/aromatic N) is 4. The van der Waals surface area contributed by atoms with E-state index in [0.29, 0.717) is 22.4 Å². The van der Waals surface area contributed by atoms with Crippen molar-refractivity contribution in [2.75, 3.05) is 7.11 Å². The molecule has 0 saturated heterocycles. The van der Waals surface area contributed by atoms with E-state index in [9.17, 15) is 9.65 Å². The Bertz CT molecular complexity index is 1100. The van der Waals surface area contributed by atoms with Crippen molar-refractivity contribution in [1.82, 2.24) is 15.0 Å². The Morgan fingerprint density at radius 2 is 1.61 bits per heavy atom. The molecule has 0 radical (unpaired) electrons. The van der Waals surface area contributed by atoms with E-state index < -0.39 is 11.0 Å². The van der Waals surface area contributed by atoms with Gasteiger partial charge in [0.05, 0.1) is 17.2 Å². The summed E-state index contributed by atoms with van der Waals surface area (Å²) in [5, 5.41) is 9.31. The lowest BCUT2D eigenvalue weighted by Crippen LogP contribution is -2.44. The molecule has 160 valence electrons. The van der Waals surface area contributed by atoms with Crippen LogP contribution in [0.15, 0.2) is 55.2 Å². The number of nitriles is 1. The number of hydrogen-bond donors (Lipinski definition) is 0. The zero-order valence-corrected chi connectivity index (χ0v) is 18.8. The number of hydrogen-bond acceptors (Lipinski definition) is 5. The summed E-state index contributed by atoms with van der Waals surface area (Å²) < 4.78 is 20.9. The lowest BCUT2D eigenvalue weighted by molar-refractivity contribution is -0.0681. The molecule has 0 N–H and O–H groups in total. The summed E-state index contributed by atoms with van der Waals surface area (Å²) >= 11 is 0. The van der Waals surface area contributed by atoms with Crippen molar-refractivity contribution in [2.24, 2.45) is 5.41 Å². The molecule has 0 aliphatic carbocycles. The number of benzene rings is 1. The van der Waals surface area contributed by atoms with Gasteiger partial charge >= 0.3 is 0 Å². The van der Waals surface area contributed by atoms with Crippen LogP contribution in [0.3, 0.4) is 0 Å². The Labute approximate surface area is 183 Å². The second kappa shape index (κ2) is 8.16. The third kappa shape index (κ3) is 3.94. The predicted molar refractivity (Wildman–Crippen MR) is 118 cm³/mol. The Morgan fingerprint density at radius 3 is 2.10 bits per heavy atom. The number of pyridine rings is 1.